The molecule has 3 aromatic heterocycles. The summed E-state index contributed by atoms with van der Waals surface area (Å²) in [5.41, 5.74) is 0.339. The van der Waals surface area contributed by atoms with Crippen molar-refractivity contribution in [3.63, 3.8) is 0 Å². The molecule has 3 heterocycles. The number of rotatable bonds is 3. The number of aromatic carboxylic acids is 1. The molecule has 0 spiro atoms. The lowest BCUT2D eigenvalue weighted by Crippen LogP contribution is -2.20. The summed E-state index contributed by atoms with van der Waals surface area (Å²) < 4.78 is 8.23. The minimum absolute atomic E-state index is 0.0912. The number of nitrogens with zero attached hydrogens (tertiary/aromatic N) is 4. The molecule has 0 aromatic carbocycles. The number of carbonyl (C=O) groups is 1. The minimum atomic E-state index is -1.06. The van der Waals surface area contributed by atoms with E-state index in [0.717, 1.165) is 0 Å². The Hall–Kier alpha value is -2.90. The van der Waals surface area contributed by atoms with Gasteiger partial charge in [0.2, 0.25) is 0 Å². The van der Waals surface area contributed by atoms with E-state index in [1.807, 2.05) is 0 Å². The third-order valence-corrected chi connectivity index (χ3v) is 3.24. The Morgan fingerprint density at radius 3 is 2.90 bits per heavy atom. The lowest BCUT2D eigenvalue weighted by molar-refractivity contribution is 0.0695. The maximum absolute atomic E-state index is 12.3. The van der Waals surface area contributed by atoms with Crippen LogP contribution in [0.25, 0.3) is 11.0 Å². The zero-order chi connectivity index (χ0) is 15.1. The Labute approximate surface area is 118 Å². The van der Waals surface area contributed by atoms with Gasteiger partial charge in [0.25, 0.3) is 5.56 Å². The predicted molar refractivity (Wildman–Crippen MR) is 72.3 cm³/mol. The molecule has 8 nitrogen and oxygen atoms in total. The first-order valence-electron chi connectivity index (χ1n) is 6.17. The average Bonchev–Trinajstić information content (AvgIpc) is 2.97. The SMILES string of the molecule is Cc1oc(Cn2cnc3c(cnn3C)c2=O)cc1C(=O)O. The highest BCUT2D eigenvalue weighted by atomic mass is 16.4. The molecule has 0 saturated carbocycles. The van der Waals surface area contributed by atoms with Gasteiger partial charge in [-0.15, -0.1) is 0 Å². The number of carboxylic acid groups (broad SMARTS) is 1. The van der Waals surface area contributed by atoms with Crippen molar-refractivity contribution in [1.82, 2.24) is 19.3 Å². The molecule has 3 aromatic rings. The number of fused-ring (bicyclic) bond motifs is 1. The van der Waals surface area contributed by atoms with E-state index >= 15 is 0 Å². The van der Waals surface area contributed by atoms with Crippen molar-refractivity contribution in [2.75, 3.05) is 0 Å². The molecule has 0 saturated heterocycles. The van der Waals surface area contributed by atoms with Gasteiger partial charge < -0.3 is 9.52 Å². The monoisotopic (exact) mass is 288 g/mol. The van der Waals surface area contributed by atoms with Gasteiger partial charge in [-0.05, 0) is 13.0 Å². The number of aromatic nitrogens is 4. The summed E-state index contributed by atoms with van der Waals surface area (Å²) in [5.74, 6) is -0.367. The highest BCUT2D eigenvalue weighted by Crippen LogP contribution is 2.15. The summed E-state index contributed by atoms with van der Waals surface area (Å²) in [6.07, 6.45) is 2.85. The Balaban J connectivity index is 2.02. The Kier molecular flexibility index (Phi) is 2.86. The summed E-state index contributed by atoms with van der Waals surface area (Å²) in [5, 5.41) is 13.4. The first-order valence-corrected chi connectivity index (χ1v) is 6.17. The highest BCUT2D eigenvalue weighted by Gasteiger charge is 2.15. The first kappa shape index (κ1) is 13.1. The Morgan fingerprint density at radius 1 is 1.48 bits per heavy atom. The Morgan fingerprint density at radius 2 is 2.24 bits per heavy atom. The van der Waals surface area contributed by atoms with E-state index in [1.54, 1.807) is 14.0 Å². The topological polar surface area (TPSA) is 103 Å². The van der Waals surface area contributed by atoms with Gasteiger partial charge in [0.05, 0.1) is 12.7 Å². The molecule has 0 fully saturated rings. The second kappa shape index (κ2) is 4.58. The molecule has 3 rings (SSSR count). The van der Waals surface area contributed by atoms with Crippen LogP contribution in [0.3, 0.4) is 0 Å². The van der Waals surface area contributed by atoms with E-state index in [2.05, 4.69) is 10.1 Å². The summed E-state index contributed by atoms with van der Waals surface area (Å²) in [6.45, 7) is 1.68. The highest BCUT2D eigenvalue weighted by molar-refractivity contribution is 5.88. The van der Waals surface area contributed by atoms with Crippen molar-refractivity contribution < 1.29 is 14.3 Å². The van der Waals surface area contributed by atoms with Crippen molar-refractivity contribution in [1.29, 1.82) is 0 Å². The lowest BCUT2D eigenvalue weighted by atomic mass is 10.2. The fourth-order valence-electron chi connectivity index (χ4n) is 2.18. The maximum Gasteiger partial charge on any atom is 0.339 e. The van der Waals surface area contributed by atoms with E-state index in [0.29, 0.717) is 22.6 Å². The number of hydrogen-bond acceptors (Lipinski definition) is 5. The molecular formula is C13H12N4O4. The minimum Gasteiger partial charge on any atom is -0.478 e. The molecule has 0 aliphatic heterocycles. The van der Waals surface area contributed by atoms with E-state index < -0.39 is 5.97 Å². The van der Waals surface area contributed by atoms with Gasteiger partial charge >= 0.3 is 5.97 Å². The van der Waals surface area contributed by atoms with E-state index in [1.165, 1.54) is 27.8 Å². The largest absolute Gasteiger partial charge is 0.478 e. The third kappa shape index (κ3) is 2.10. The van der Waals surface area contributed by atoms with Crippen LogP contribution in [0, 0.1) is 6.92 Å². The molecule has 1 N–H and O–H groups in total. The van der Waals surface area contributed by atoms with Crippen LogP contribution in [0.4, 0.5) is 0 Å². The molecule has 8 heteroatoms. The summed E-state index contributed by atoms with van der Waals surface area (Å²) >= 11 is 0. The van der Waals surface area contributed by atoms with E-state index in [-0.39, 0.29) is 17.7 Å². The van der Waals surface area contributed by atoms with Crippen LogP contribution in [-0.2, 0) is 13.6 Å². The summed E-state index contributed by atoms with van der Waals surface area (Å²) in [6, 6.07) is 1.41. The van der Waals surface area contributed by atoms with Crippen LogP contribution in [0.5, 0.6) is 0 Å². The van der Waals surface area contributed by atoms with Gasteiger partial charge in [0.1, 0.15) is 28.8 Å². The van der Waals surface area contributed by atoms with Crippen LogP contribution < -0.4 is 5.56 Å². The van der Waals surface area contributed by atoms with Gasteiger partial charge in [-0.2, -0.15) is 5.10 Å². The van der Waals surface area contributed by atoms with Crippen molar-refractivity contribution in [3.8, 4) is 0 Å². The van der Waals surface area contributed by atoms with Crippen LogP contribution in [0.2, 0.25) is 0 Å². The van der Waals surface area contributed by atoms with Crippen molar-refractivity contribution >= 4 is 17.0 Å². The van der Waals surface area contributed by atoms with Crippen LogP contribution >= 0.6 is 0 Å². The maximum atomic E-state index is 12.3. The second-order valence-corrected chi connectivity index (χ2v) is 4.67. The molecule has 108 valence electrons. The van der Waals surface area contributed by atoms with Gasteiger partial charge in [-0.25, -0.2) is 9.78 Å². The lowest BCUT2D eigenvalue weighted by Gasteiger charge is -2.02. The molecule has 0 aliphatic rings. The quantitative estimate of drug-likeness (QED) is 0.763. The Bertz CT molecular complexity index is 903. The smallest absolute Gasteiger partial charge is 0.339 e. The van der Waals surface area contributed by atoms with Gasteiger partial charge in [-0.1, -0.05) is 0 Å². The summed E-state index contributed by atoms with van der Waals surface area (Å²) in [4.78, 5) is 27.4. The normalized spacial score (nSPS) is 11.1. The van der Waals surface area contributed by atoms with Crippen molar-refractivity contribution in [2.45, 2.75) is 13.5 Å². The van der Waals surface area contributed by atoms with Crippen LogP contribution in [-0.4, -0.2) is 30.4 Å². The van der Waals surface area contributed by atoms with Crippen molar-refractivity contribution in [3.05, 3.63) is 46.0 Å². The van der Waals surface area contributed by atoms with Gasteiger partial charge in [0, 0.05) is 7.05 Å². The standard InChI is InChI=1S/C13H12N4O4/c1-7-9(13(19)20)3-8(21-7)5-17-6-14-11-10(12(17)18)4-15-16(11)2/h3-4,6H,5H2,1-2H3,(H,19,20). The fraction of sp³-hybridized carbons (Fsp3) is 0.231. The molecule has 0 unspecified atom stereocenters. The molecule has 0 atom stereocenters. The molecule has 0 amide bonds. The molecule has 0 aliphatic carbocycles. The first-order chi connectivity index (χ1) is 9.97. The number of carboxylic acids is 1. The number of furan rings is 1. The number of aryl methyl sites for hydroxylation is 2. The van der Waals surface area contributed by atoms with Crippen molar-refractivity contribution in [2.24, 2.45) is 7.05 Å². The fourth-order valence-corrected chi connectivity index (χ4v) is 2.18. The zero-order valence-electron chi connectivity index (χ0n) is 11.4. The molecule has 21 heavy (non-hydrogen) atoms. The second-order valence-electron chi connectivity index (χ2n) is 4.67. The zero-order valence-corrected chi connectivity index (χ0v) is 11.4. The summed E-state index contributed by atoms with van der Waals surface area (Å²) in [7, 11) is 1.70. The van der Waals surface area contributed by atoms with Crippen LogP contribution in [0.15, 0.2) is 27.8 Å². The number of hydrogen-bond donors (Lipinski definition) is 1. The van der Waals surface area contributed by atoms with Gasteiger partial charge in [-0.3, -0.25) is 14.0 Å². The predicted octanol–water partition coefficient (Wildman–Crippen LogP) is 0.778. The third-order valence-electron chi connectivity index (χ3n) is 3.24. The van der Waals surface area contributed by atoms with Crippen LogP contribution in [0.1, 0.15) is 21.9 Å². The molecule has 0 bridgehead atoms. The molecular weight excluding hydrogens is 276 g/mol. The van der Waals surface area contributed by atoms with E-state index in [9.17, 15) is 9.59 Å². The van der Waals surface area contributed by atoms with E-state index in [4.69, 9.17) is 9.52 Å². The van der Waals surface area contributed by atoms with Gasteiger partial charge in [0.15, 0.2) is 5.65 Å². The molecule has 0 radical (unpaired) electrons. The average molecular weight is 288 g/mol.